The van der Waals surface area contributed by atoms with Crippen LogP contribution in [0.5, 0.6) is 0 Å². The largest absolute Gasteiger partial charge is 0.379 e. The molecule has 0 amide bonds. The number of aliphatic imine (C=N–C) groups is 1. The van der Waals surface area contributed by atoms with Gasteiger partial charge in [0.25, 0.3) is 0 Å². The molecule has 1 N–H and O–H groups in total. The van der Waals surface area contributed by atoms with Gasteiger partial charge in [0.05, 0.1) is 6.61 Å². The second kappa shape index (κ2) is 10.1. The van der Waals surface area contributed by atoms with Gasteiger partial charge in [-0.1, -0.05) is 12.1 Å². The lowest BCUT2D eigenvalue weighted by Crippen LogP contribution is -2.40. The lowest BCUT2D eigenvalue weighted by molar-refractivity contribution is 0.115. The third kappa shape index (κ3) is 6.09. The van der Waals surface area contributed by atoms with Crippen LogP contribution < -0.4 is 10.2 Å². The van der Waals surface area contributed by atoms with Crippen molar-refractivity contribution in [3.8, 4) is 0 Å². The van der Waals surface area contributed by atoms with E-state index in [1.807, 2.05) is 18.8 Å². The van der Waals surface area contributed by atoms with Crippen molar-refractivity contribution >= 4 is 23.4 Å². The van der Waals surface area contributed by atoms with Crippen LogP contribution in [-0.2, 0) is 11.3 Å². The van der Waals surface area contributed by atoms with Crippen LogP contribution in [0.3, 0.4) is 0 Å². The van der Waals surface area contributed by atoms with Crippen molar-refractivity contribution in [1.29, 1.82) is 0 Å². The lowest BCUT2D eigenvalue weighted by Gasteiger charge is -2.28. The Bertz CT molecular complexity index is 568. The molecule has 0 radical (unpaired) electrons. The standard InChI is InChI=1S/C20H32N4OS/c1-21-20(23(2)9-12-25-16-18-3-4-18)22-15-17-5-7-19(8-6-17)24-10-13-26-14-11-24/h5-8,18H,3-4,9-16H2,1-2H3,(H,21,22). The molecule has 1 aliphatic carbocycles. The fourth-order valence-corrected chi connectivity index (χ4v) is 3.96. The smallest absolute Gasteiger partial charge is 0.193 e. The molecule has 0 spiro atoms. The summed E-state index contributed by atoms with van der Waals surface area (Å²) in [5.41, 5.74) is 2.61. The van der Waals surface area contributed by atoms with E-state index in [0.717, 1.165) is 51.3 Å². The Morgan fingerprint density at radius 2 is 2.00 bits per heavy atom. The number of hydrogen-bond donors (Lipinski definition) is 1. The zero-order valence-corrected chi connectivity index (χ0v) is 16.9. The van der Waals surface area contributed by atoms with Crippen molar-refractivity contribution in [2.75, 3.05) is 63.3 Å². The number of nitrogens with one attached hydrogen (secondary N) is 1. The van der Waals surface area contributed by atoms with E-state index in [9.17, 15) is 0 Å². The maximum absolute atomic E-state index is 5.73. The van der Waals surface area contributed by atoms with Crippen molar-refractivity contribution in [2.24, 2.45) is 10.9 Å². The Kier molecular flexibility index (Phi) is 7.50. The van der Waals surface area contributed by atoms with Crippen molar-refractivity contribution in [2.45, 2.75) is 19.4 Å². The molecule has 0 aromatic heterocycles. The zero-order chi connectivity index (χ0) is 18.2. The lowest BCUT2D eigenvalue weighted by atomic mass is 10.2. The van der Waals surface area contributed by atoms with Gasteiger partial charge in [-0.25, -0.2) is 0 Å². The number of hydrogen-bond acceptors (Lipinski definition) is 4. The van der Waals surface area contributed by atoms with Crippen LogP contribution in [0.1, 0.15) is 18.4 Å². The highest BCUT2D eigenvalue weighted by molar-refractivity contribution is 7.99. The maximum Gasteiger partial charge on any atom is 0.193 e. The molecule has 144 valence electrons. The van der Waals surface area contributed by atoms with Crippen LogP contribution >= 0.6 is 11.8 Å². The highest BCUT2D eigenvalue weighted by Crippen LogP contribution is 2.28. The van der Waals surface area contributed by atoms with Crippen molar-refractivity contribution in [3.05, 3.63) is 29.8 Å². The Morgan fingerprint density at radius 1 is 1.27 bits per heavy atom. The van der Waals surface area contributed by atoms with Gasteiger partial charge in [0.15, 0.2) is 5.96 Å². The minimum Gasteiger partial charge on any atom is -0.379 e. The Labute approximate surface area is 162 Å². The Balaban J connectivity index is 1.40. The van der Waals surface area contributed by atoms with Gasteiger partial charge in [-0.2, -0.15) is 11.8 Å². The Morgan fingerprint density at radius 3 is 2.65 bits per heavy atom. The van der Waals surface area contributed by atoms with Crippen LogP contribution in [0.4, 0.5) is 5.69 Å². The number of likely N-dealkylation sites (N-methyl/N-ethyl adjacent to an activating group) is 1. The third-order valence-electron chi connectivity index (χ3n) is 4.96. The average Bonchev–Trinajstić information content (AvgIpc) is 3.51. The van der Waals surface area contributed by atoms with Gasteiger partial charge in [0.1, 0.15) is 0 Å². The zero-order valence-electron chi connectivity index (χ0n) is 16.1. The number of guanidine groups is 1. The second-order valence-electron chi connectivity index (χ2n) is 7.11. The van der Waals surface area contributed by atoms with E-state index in [0.29, 0.717) is 0 Å². The molecule has 1 saturated carbocycles. The minimum absolute atomic E-state index is 0.760. The van der Waals surface area contributed by atoms with E-state index in [1.165, 1.54) is 35.6 Å². The maximum atomic E-state index is 5.73. The van der Waals surface area contributed by atoms with Crippen molar-refractivity contribution in [3.63, 3.8) is 0 Å². The number of ether oxygens (including phenoxy) is 1. The van der Waals surface area contributed by atoms with E-state index >= 15 is 0 Å². The molecule has 1 aromatic carbocycles. The van der Waals surface area contributed by atoms with Gasteiger partial charge in [0.2, 0.25) is 0 Å². The van der Waals surface area contributed by atoms with Gasteiger partial charge in [-0.3, -0.25) is 4.99 Å². The highest BCUT2D eigenvalue weighted by atomic mass is 32.2. The molecule has 1 aliphatic heterocycles. The summed E-state index contributed by atoms with van der Waals surface area (Å²) in [6, 6.07) is 8.92. The topological polar surface area (TPSA) is 40.1 Å². The van der Waals surface area contributed by atoms with Gasteiger partial charge in [-0.05, 0) is 36.5 Å². The number of nitrogens with zero attached hydrogens (tertiary/aromatic N) is 3. The molecule has 0 unspecified atom stereocenters. The first-order chi connectivity index (χ1) is 12.8. The summed E-state index contributed by atoms with van der Waals surface area (Å²) in [6.07, 6.45) is 2.68. The van der Waals surface area contributed by atoms with E-state index in [4.69, 9.17) is 4.74 Å². The van der Waals surface area contributed by atoms with Crippen molar-refractivity contribution in [1.82, 2.24) is 10.2 Å². The number of anilines is 1. The first-order valence-corrected chi connectivity index (χ1v) is 10.8. The van der Waals surface area contributed by atoms with Crippen molar-refractivity contribution < 1.29 is 4.74 Å². The first kappa shape index (κ1) is 19.4. The SMILES string of the molecule is CN=C(NCc1ccc(N2CCSCC2)cc1)N(C)CCOCC1CC1. The molecular weight excluding hydrogens is 344 g/mol. The van der Waals surface area contributed by atoms with Crippen LogP contribution in [0, 0.1) is 5.92 Å². The molecule has 1 saturated heterocycles. The molecule has 26 heavy (non-hydrogen) atoms. The van der Waals surface area contributed by atoms with E-state index in [-0.39, 0.29) is 0 Å². The van der Waals surface area contributed by atoms with E-state index in [1.54, 1.807) is 0 Å². The fraction of sp³-hybridized carbons (Fsp3) is 0.650. The Hall–Kier alpha value is -1.40. The third-order valence-corrected chi connectivity index (χ3v) is 5.90. The predicted octanol–water partition coefficient (Wildman–Crippen LogP) is 2.67. The summed E-state index contributed by atoms with van der Waals surface area (Å²) >= 11 is 2.05. The fourth-order valence-electron chi connectivity index (χ4n) is 3.05. The highest BCUT2D eigenvalue weighted by Gasteiger charge is 2.21. The van der Waals surface area contributed by atoms with Gasteiger partial charge in [0, 0.05) is 64.1 Å². The van der Waals surface area contributed by atoms with E-state index < -0.39 is 0 Å². The van der Waals surface area contributed by atoms with Crippen LogP contribution in [0.25, 0.3) is 0 Å². The van der Waals surface area contributed by atoms with Gasteiger partial charge in [-0.15, -0.1) is 0 Å². The van der Waals surface area contributed by atoms with E-state index in [2.05, 4.69) is 51.4 Å². The first-order valence-electron chi connectivity index (χ1n) is 9.67. The van der Waals surface area contributed by atoms with Crippen LogP contribution in [-0.4, -0.2) is 69.3 Å². The van der Waals surface area contributed by atoms with Crippen LogP contribution in [0.2, 0.25) is 0 Å². The molecule has 1 aromatic rings. The molecule has 2 fully saturated rings. The molecule has 1 heterocycles. The summed E-state index contributed by atoms with van der Waals surface area (Å²) < 4.78 is 5.73. The molecule has 0 atom stereocenters. The summed E-state index contributed by atoms with van der Waals surface area (Å²) in [5.74, 6) is 4.20. The molecular formula is C20H32N4OS. The van der Waals surface area contributed by atoms with Crippen LogP contribution in [0.15, 0.2) is 29.3 Å². The van der Waals surface area contributed by atoms with Gasteiger partial charge < -0.3 is 19.9 Å². The minimum atomic E-state index is 0.760. The molecule has 0 bridgehead atoms. The summed E-state index contributed by atoms with van der Waals surface area (Å²) in [4.78, 5) is 8.99. The van der Waals surface area contributed by atoms with Gasteiger partial charge >= 0.3 is 0 Å². The summed E-state index contributed by atoms with van der Waals surface area (Å²) in [7, 11) is 3.90. The normalized spacial score (nSPS) is 18.1. The number of thioether (sulfide) groups is 1. The quantitative estimate of drug-likeness (QED) is 0.429. The molecule has 6 heteroatoms. The number of rotatable bonds is 8. The predicted molar refractivity (Wildman–Crippen MR) is 112 cm³/mol. The molecule has 5 nitrogen and oxygen atoms in total. The summed E-state index contributed by atoms with van der Waals surface area (Å²) in [6.45, 7) is 5.64. The average molecular weight is 377 g/mol. The number of benzene rings is 1. The second-order valence-corrected chi connectivity index (χ2v) is 8.33. The summed E-state index contributed by atoms with van der Waals surface area (Å²) in [5, 5.41) is 3.45. The molecule has 3 rings (SSSR count). The monoisotopic (exact) mass is 376 g/mol. The molecule has 2 aliphatic rings.